The van der Waals surface area contributed by atoms with Crippen molar-refractivity contribution >= 4 is 0 Å². The summed E-state index contributed by atoms with van der Waals surface area (Å²) in [6, 6.07) is 12.1. The minimum absolute atomic E-state index is 0.174. The lowest BCUT2D eigenvalue weighted by atomic mass is 9.53. The third-order valence-electron chi connectivity index (χ3n) is 6.59. The lowest BCUT2D eigenvalue weighted by Crippen LogP contribution is -2.57. The van der Waals surface area contributed by atoms with Crippen LogP contribution in [-0.4, -0.2) is 41.2 Å². The molecule has 4 heteroatoms. The maximum absolute atomic E-state index is 11.7. The number of aromatic nitrogens is 1. The second-order valence-electron chi connectivity index (χ2n) is 8.46. The Morgan fingerprint density at radius 2 is 1.96 bits per heavy atom. The van der Waals surface area contributed by atoms with E-state index >= 15 is 0 Å². The molecule has 2 aliphatic rings. The molecule has 1 fully saturated rings. The molecule has 4 nitrogen and oxygen atoms in total. The molecule has 4 rings (SSSR count). The monoisotopic (exact) mass is 366 g/mol. The van der Waals surface area contributed by atoms with Crippen molar-refractivity contribution in [3.8, 4) is 11.6 Å². The maximum atomic E-state index is 11.7. The van der Waals surface area contributed by atoms with Gasteiger partial charge in [0.2, 0.25) is 5.88 Å². The SMILES string of the molecule is CN(C)CCC12CCCCC1(O)CCc1ccc(Oc3ccccn3)cc12. The summed E-state index contributed by atoms with van der Waals surface area (Å²) in [7, 11) is 4.23. The van der Waals surface area contributed by atoms with Crippen LogP contribution in [0.15, 0.2) is 42.6 Å². The van der Waals surface area contributed by atoms with Crippen molar-refractivity contribution in [3.63, 3.8) is 0 Å². The Kier molecular flexibility index (Phi) is 4.95. The van der Waals surface area contributed by atoms with E-state index in [4.69, 9.17) is 4.74 Å². The molecule has 2 aliphatic carbocycles. The van der Waals surface area contributed by atoms with Crippen molar-refractivity contribution in [2.75, 3.05) is 20.6 Å². The number of benzene rings is 1. The molecule has 1 heterocycles. The Bertz CT molecular complexity index is 792. The maximum Gasteiger partial charge on any atom is 0.219 e. The van der Waals surface area contributed by atoms with Crippen molar-refractivity contribution in [2.45, 2.75) is 56.0 Å². The van der Waals surface area contributed by atoms with Gasteiger partial charge in [-0.05, 0) is 82.1 Å². The largest absolute Gasteiger partial charge is 0.439 e. The zero-order chi connectivity index (χ0) is 18.9. The first-order valence-corrected chi connectivity index (χ1v) is 10.1. The molecule has 27 heavy (non-hydrogen) atoms. The van der Waals surface area contributed by atoms with E-state index in [9.17, 15) is 5.11 Å². The Balaban J connectivity index is 1.74. The lowest BCUT2D eigenvalue weighted by molar-refractivity contribution is -0.0887. The van der Waals surface area contributed by atoms with Gasteiger partial charge in [-0.15, -0.1) is 0 Å². The molecule has 0 aliphatic heterocycles. The van der Waals surface area contributed by atoms with Crippen LogP contribution in [-0.2, 0) is 11.8 Å². The second kappa shape index (κ2) is 7.25. The Labute approximate surface area is 162 Å². The molecule has 1 aromatic carbocycles. The Hall–Kier alpha value is -1.91. The van der Waals surface area contributed by atoms with Gasteiger partial charge < -0.3 is 14.7 Å². The average molecular weight is 367 g/mol. The van der Waals surface area contributed by atoms with Gasteiger partial charge in [0.15, 0.2) is 0 Å². The van der Waals surface area contributed by atoms with Gasteiger partial charge in [-0.3, -0.25) is 0 Å². The lowest BCUT2D eigenvalue weighted by Gasteiger charge is -2.55. The standard InChI is InChI=1S/C23H30N2O2/c1-25(2)16-14-22-11-4-5-12-23(22,26)13-10-18-8-9-19(17-20(18)22)27-21-7-3-6-15-24-21/h3,6-9,15,17,26H,4-5,10-14,16H2,1-2H3. The van der Waals surface area contributed by atoms with E-state index in [0.717, 1.165) is 50.8 Å². The van der Waals surface area contributed by atoms with Crippen molar-refractivity contribution in [1.82, 2.24) is 9.88 Å². The van der Waals surface area contributed by atoms with Crippen LogP contribution in [0.25, 0.3) is 0 Å². The van der Waals surface area contributed by atoms with Crippen molar-refractivity contribution in [3.05, 3.63) is 53.7 Å². The van der Waals surface area contributed by atoms with Crippen LogP contribution in [0.3, 0.4) is 0 Å². The van der Waals surface area contributed by atoms with Crippen molar-refractivity contribution < 1.29 is 9.84 Å². The van der Waals surface area contributed by atoms with E-state index in [1.54, 1.807) is 6.20 Å². The number of fused-ring (bicyclic) bond motifs is 3. The van der Waals surface area contributed by atoms with Crippen LogP contribution in [0, 0.1) is 0 Å². The highest BCUT2D eigenvalue weighted by Gasteiger charge is 2.54. The van der Waals surface area contributed by atoms with E-state index in [1.165, 1.54) is 17.5 Å². The number of aliphatic hydroxyl groups is 1. The molecule has 2 atom stereocenters. The van der Waals surface area contributed by atoms with E-state index in [1.807, 2.05) is 24.3 Å². The van der Waals surface area contributed by atoms with Crippen LogP contribution in [0.5, 0.6) is 11.6 Å². The van der Waals surface area contributed by atoms with Gasteiger partial charge >= 0.3 is 0 Å². The summed E-state index contributed by atoms with van der Waals surface area (Å²) in [4.78, 5) is 6.51. The molecule has 0 spiro atoms. The molecule has 2 aromatic rings. The number of hydrogen-bond donors (Lipinski definition) is 1. The molecule has 0 amide bonds. The van der Waals surface area contributed by atoms with Gasteiger partial charge in [0.05, 0.1) is 5.60 Å². The smallest absolute Gasteiger partial charge is 0.219 e. The molecule has 1 saturated carbocycles. The normalized spacial score (nSPS) is 27.1. The first-order valence-electron chi connectivity index (χ1n) is 10.1. The predicted octanol–water partition coefficient (Wildman–Crippen LogP) is 4.31. The number of nitrogens with zero attached hydrogens (tertiary/aromatic N) is 2. The summed E-state index contributed by atoms with van der Waals surface area (Å²) in [6.45, 7) is 0.979. The van der Waals surface area contributed by atoms with E-state index in [2.05, 4.69) is 36.1 Å². The third kappa shape index (κ3) is 3.37. The first kappa shape index (κ1) is 18.5. The highest BCUT2D eigenvalue weighted by atomic mass is 16.5. The summed E-state index contributed by atoms with van der Waals surface area (Å²) in [5.41, 5.74) is 1.89. The van der Waals surface area contributed by atoms with Gasteiger partial charge in [-0.1, -0.05) is 25.0 Å². The molecule has 0 radical (unpaired) electrons. The summed E-state index contributed by atoms with van der Waals surface area (Å²) >= 11 is 0. The molecule has 144 valence electrons. The number of rotatable bonds is 5. The minimum Gasteiger partial charge on any atom is -0.439 e. The van der Waals surface area contributed by atoms with Crippen molar-refractivity contribution in [1.29, 1.82) is 0 Å². The number of ether oxygens (including phenoxy) is 1. The zero-order valence-corrected chi connectivity index (χ0v) is 16.4. The number of hydrogen-bond acceptors (Lipinski definition) is 4. The third-order valence-corrected chi connectivity index (χ3v) is 6.59. The zero-order valence-electron chi connectivity index (χ0n) is 16.4. The summed E-state index contributed by atoms with van der Waals surface area (Å²) < 4.78 is 6.02. The average Bonchev–Trinajstić information content (AvgIpc) is 2.67. The van der Waals surface area contributed by atoms with E-state index < -0.39 is 5.60 Å². The van der Waals surface area contributed by atoms with Crippen LogP contribution in [0.2, 0.25) is 0 Å². The number of aryl methyl sites for hydroxylation is 1. The molecule has 1 N–H and O–H groups in total. The minimum atomic E-state index is -0.599. The van der Waals surface area contributed by atoms with Crippen LogP contribution in [0.4, 0.5) is 0 Å². The Morgan fingerprint density at radius 3 is 2.74 bits per heavy atom. The van der Waals surface area contributed by atoms with E-state index in [-0.39, 0.29) is 5.41 Å². The van der Waals surface area contributed by atoms with Crippen LogP contribution >= 0.6 is 0 Å². The summed E-state index contributed by atoms with van der Waals surface area (Å²) in [5, 5.41) is 11.7. The quantitative estimate of drug-likeness (QED) is 0.856. The summed E-state index contributed by atoms with van der Waals surface area (Å²) in [5.74, 6) is 1.42. The number of pyridine rings is 1. The van der Waals surface area contributed by atoms with Gasteiger partial charge in [-0.25, -0.2) is 4.98 Å². The van der Waals surface area contributed by atoms with Gasteiger partial charge in [-0.2, -0.15) is 0 Å². The fourth-order valence-electron chi connectivity index (χ4n) is 5.12. The predicted molar refractivity (Wildman–Crippen MR) is 107 cm³/mol. The second-order valence-corrected chi connectivity index (χ2v) is 8.46. The van der Waals surface area contributed by atoms with Crippen LogP contribution < -0.4 is 4.74 Å². The molecule has 0 saturated heterocycles. The van der Waals surface area contributed by atoms with Crippen molar-refractivity contribution in [2.24, 2.45) is 0 Å². The topological polar surface area (TPSA) is 45.6 Å². The van der Waals surface area contributed by atoms with Gasteiger partial charge in [0.1, 0.15) is 5.75 Å². The van der Waals surface area contributed by atoms with Gasteiger partial charge in [0.25, 0.3) is 0 Å². The molecular formula is C23H30N2O2. The summed E-state index contributed by atoms with van der Waals surface area (Å²) in [6.07, 6.45) is 8.80. The van der Waals surface area contributed by atoms with Gasteiger partial charge in [0, 0.05) is 17.7 Å². The molecule has 1 aromatic heterocycles. The Morgan fingerprint density at radius 1 is 1.11 bits per heavy atom. The van der Waals surface area contributed by atoms with E-state index in [0.29, 0.717) is 5.88 Å². The fraction of sp³-hybridized carbons (Fsp3) is 0.522. The fourth-order valence-corrected chi connectivity index (χ4v) is 5.12. The first-order chi connectivity index (χ1) is 13.0. The molecular weight excluding hydrogens is 336 g/mol. The molecule has 2 unspecified atom stereocenters. The molecule has 0 bridgehead atoms. The highest BCUT2D eigenvalue weighted by molar-refractivity contribution is 5.46. The van der Waals surface area contributed by atoms with Crippen LogP contribution in [0.1, 0.15) is 49.7 Å². The highest BCUT2D eigenvalue weighted by Crippen LogP contribution is 2.55.